The number of ether oxygens (including phenoxy) is 1. The van der Waals surface area contributed by atoms with Crippen LogP contribution in [-0.2, 0) is 0 Å². The summed E-state index contributed by atoms with van der Waals surface area (Å²) in [5, 5.41) is 10.2. The van der Waals surface area contributed by atoms with Crippen molar-refractivity contribution < 1.29 is 14.2 Å². The molecule has 1 fully saturated rings. The number of aliphatic hydroxyl groups excluding tert-OH is 1. The molecule has 3 atom stereocenters. The SMILES string of the molecule is CCC(C)(C)C1CCC(O)C(Oc2ccc(C)c(F)c2)C1. The van der Waals surface area contributed by atoms with Crippen LogP contribution in [0.2, 0.25) is 0 Å². The molecule has 0 heterocycles. The maximum atomic E-state index is 13.6. The van der Waals surface area contributed by atoms with E-state index in [4.69, 9.17) is 4.74 Å². The molecule has 1 N–H and O–H groups in total. The number of rotatable bonds is 4. The smallest absolute Gasteiger partial charge is 0.129 e. The molecule has 0 amide bonds. The van der Waals surface area contributed by atoms with E-state index in [9.17, 15) is 9.50 Å². The van der Waals surface area contributed by atoms with Crippen LogP contribution in [0, 0.1) is 24.1 Å². The van der Waals surface area contributed by atoms with Crippen LogP contribution in [0.15, 0.2) is 18.2 Å². The largest absolute Gasteiger partial charge is 0.488 e. The van der Waals surface area contributed by atoms with Crippen LogP contribution in [0.3, 0.4) is 0 Å². The van der Waals surface area contributed by atoms with Crippen molar-refractivity contribution in [1.82, 2.24) is 0 Å². The Morgan fingerprint density at radius 3 is 2.67 bits per heavy atom. The van der Waals surface area contributed by atoms with Gasteiger partial charge in [-0.2, -0.15) is 0 Å². The Morgan fingerprint density at radius 1 is 1.33 bits per heavy atom. The van der Waals surface area contributed by atoms with Crippen molar-refractivity contribution in [3.63, 3.8) is 0 Å². The quantitative estimate of drug-likeness (QED) is 0.887. The Bertz CT molecular complexity index is 484. The highest BCUT2D eigenvalue weighted by Crippen LogP contribution is 2.41. The van der Waals surface area contributed by atoms with E-state index in [1.807, 2.05) is 0 Å². The molecule has 21 heavy (non-hydrogen) atoms. The van der Waals surface area contributed by atoms with Gasteiger partial charge in [-0.25, -0.2) is 4.39 Å². The molecule has 0 saturated heterocycles. The second-order valence-electron chi connectivity index (χ2n) is 6.99. The average Bonchev–Trinajstić information content (AvgIpc) is 2.45. The predicted molar refractivity (Wildman–Crippen MR) is 83.0 cm³/mol. The summed E-state index contributed by atoms with van der Waals surface area (Å²) in [7, 11) is 0. The normalized spacial score (nSPS) is 26.7. The number of halogens is 1. The molecule has 2 nitrogen and oxygen atoms in total. The van der Waals surface area contributed by atoms with Crippen LogP contribution in [0.25, 0.3) is 0 Å². The summed E-state index contributed by atoms with van der Waals surface area (Å²) in [6.07, 6.45) is 3.03. The summed E-state index contributed by atoms with van der Waals surface area (Å²) in [6.45, 7) is 8.49. The molecular weight excluding hydrogens is 267 g/mol. The first-order chi connectivity index (χ1) is 9.83. The Morgan fingerprint density at radius 2 is 2.05 bits per heavy atom. The molecular formula is C18H27FO2. The Kier molecular flexibility index (Phi) is 4.92. The topological polar surface area (TPSA) is 29.5 Å². The number of hydrogen-bond donors (Lipinski definition) is 1. The molecule has 1 aromatic carbocycles. The predicted octanol–water partition coefficient (Wildman–Crippen LogP) is 4.48. The monoisotopic (exact) mass is 294 g/mol. The Balaban J connectivity index is 2.08. The van der Waals surface area contributed by atoms with Crippen molar-refractivity contribution in [2.45, 2.75) is 65.6 Å². The first-order valence-electron chi connectivity index (χ1n) is 7.94. The summed E-state index contributed by atoms with van der Waals surface area (Å²) >= 11 is 0. The van der Waals surface area contributed by atoms with E-state index in [0.717, 1.165) is 25.7 Å². The average molecular weight is 294 g/mol. The number of benzene rings is 1. The van der Waals surface area contributed by atoms with E-state index >= 15 is 0 Å². The lowest BCUT2D eigenvalue weighted by Gasteiger charge is -2.41. The fourth-order valence-corrected chi connectivity index (χ4v) is 3.06. The Hall–Kier alpha value is -1.09. The van der Waals surface area contributed by atoms with Gasteiger partial charge in [-0.05, 0) is 49.1 Å². The second kappa shape index (κ2) is 6.35. The summed E-state index contributed by atoms with van der Waals surface area (Å²) < 4.78 is 19.5. The van der Waals surface area contributed by atoms with Crippen molar-refractivity contribution in [2.24, 2.45) is 11.3 Å². The first-order valence-corrected chi connectivity index (χ1v) is 7.94. The Labute approximate surface area is 127 Å². The van der Waals surface area contributed by atoms with E-state index in [1.165, 1.54) is 6.07 Å². The summed E-state index contributed by atoms with van der Waals surface area (Å²) in [5.41, 5.74) is 0.858. The van der Waals surface area contributed by atoms with Crippen LogP contribution in [0.1, 0.15) is 52.0 Å². The molecule has 0 radical (unpaired) electrons. The molecule has 0 spiro atoms. The third kappa shape index (κ3) is 3.76. The van der Waals surface area contributed by atoms with Crippen molar-refractivity contribution >= 4 is 0 Å². The summed E-state index contributed by atoms with van der Waals surface area (Å²) in [4.78, 5) is 0. The minimum atomic E-state index is -0.460. The lowest BCUT2D eigenvalue weighted by atomic mass is 9.68. The van der Waals surface area contributed by atoms with E-state index < -0.39 is 6.10 Å². The highest BCUT2D eigenvalue weighted by atomic mass is 19.1. The van der Waals surface area contributed by atoms with Crippen LogP contribution >= 0.6 is 0 Å². The summed E-state index contributed by atoms with van der Waals surface area (Å²) in [5.74, 6) is 0.784. The van der Waals surface area contributed by atoms with Crippen molar-refractivity contribution in [1.29, 1.82) is 0 Å². The van der Waals surface area contributed by atoms with Gasteiger partial charge < -0.3 is 9.84 Å². The van der Waals surface area contributed by atoms with Gasteiger partial charge in [-0.15, -0.1) is 0 Å². The van der Waals surface area contributed by atoms with Crippen LogP contribution in [-0.4, -0.2) is 17.3 Å². The third-order valence-corrected chi connectivity index (χ3v) is 5.20. The lowest BCUT2D eigenvalue weighted by Crippen LogP contribution is -2.42. The van der Waals surface area contributed by atoms with Gasteiger partial charge in [0.15, 0.2) is 0 Å². The third-order valence-electron chi connectivity index (χ3n) is 5.20. The molecule has 1 saturated carbocycles. The summed E-state index contributed by atoms with van der Waals surface area (Å²) in [6, 6.07) is 4.91. The van der Waals surface area contributed by atoms with Gasteiger partial charge >= 0.3 is 0 Å². The molecule has 0 bridgehead atoms. The molecule has 1 aliphatic carbocycles. The highest BCUT2D eigenvalue weighted by Gasteiger charge is 2.37. The molecule has 118 valence electrons. The highest BCUT2D eigenvalue weighted by molar-refractivity contribution is 5.28. The van der Waals surface area contributed by atoms with Crippen molar-refractivity contribution in [3.05, 3.63) is 29.6 Å². The molecule has 2 rings (SSSR count). The minimum absolute atomic E-state index is 0.239. The molecule has 0 aliphatic heterocycles. The van der Waals surface area contributed by atoms with Gasteiger partial charge in [0.05, 0.1) is 6.10 Å². The van der Waals surface area contributed by atoms with Crippen molar-refractivity contribution in [2.75, 3.05) is 0 Å². The molecule has 3 heteroatoms. The van der Waals surface area contributed by atoms with Gasteiger partial charge in [-0.1, -0.05) is 33.3 Å². The van der Waals surface area contributed by atoms with Crippen LogP contribution in [0.4, 0.5) is 4.39 Å². The zero-order chi connectivity index (χ0) is 15.6. The van der Waals surface area contributed by atoms with Crippen molar-refractivity contribution in [3.8, 4) is 5.75 Å². The van der Waals surface area contributed by atoms with E-state index in [0.29, 0.717) is 17.2 Å². The van der Waals surface area contributed by atoms with E-state index in [-0.39, 0.29) is 17.3 Å². The van der Waals surface area contributed by atoms with Gasteiger partial charge in [0.2, 0.25) is 0 Å². The molecule has 0 aromatic heterocycles. The standard InChI is InChI=1S/C18H27FO2/c1-5-18(3,4)13-7-9-16(20)17(10-13)21-14-8-6-12(2)15(19)11-14/h6,8,11,13,16-17,20H,5,7,9-10H2,1-4H3. The first kappa shape index (κ1) is 16.3. The zero-order valence-corrected chi connectivity index (χ0v) is 13.5. The molecule has 3 unspecified atom stereocenters. The van der Waals surface area contributed by atoms with Crippen LogP contribution in [0.5, 0.6) is 5.75 Å². The van der Waals surface area contributed by atoms with Crippen LogP contribution < -0.4 is 4.74 Å². The maximum absolute atomic E-state index is 13.6. The number of aryl methyl sites for hydroxylation is 1. The van der Waals surface area contributed by atoms with Gasteiger partial charge in [0.1, 0.15) is 17.7 Å². The minimum Gasteiger partial charge on any atom is -0.488 e. The van der Waals surface area contributed by atoms with Gasteiger partial charge in [0, 0.05) is 6.07 Å². The molecule has 1 aromatic rings. The zero-order valence-electron chi connectivity index (χ0n) is 13.5. The van der Waals surface area contributed by atoms with Gasteiger partial charge in [-0.3, -0.25) is 0 Å². The fourth-order valence-electron chi connectivity index (χ4n) is 3.06. The second-order valence-corrected chi connectivity index (χ2v) is 6.99. The maximum Gasteiger partial charge on any atom is 0.129 e. The lowest BCUT2D eigenvalue weighted by molar-refractivity contribution is -0.0334. The number of aliphatic hydroxyl groups is 1. The van der Waals surface area contributed by atoms with Gasteiger partial charge in [0.25, 0.3) is 0 Å². The van der Waals surface area contributed by atoms with E-state index in [2.05, 4.69) is 20.8 Å². The molecule has 1 aliphatic rings. The fraction of sp³-hybridized carbons (Fsp3) is 0.667. The van der Waals surface area contributed by atoms with E-state index in [1.54, 1.807) is 19.1 Å². The number of hydrogen-bond acceptors (Lipinski definition) is 2.